The molecule has 2 heterocycles. The summed E-state index contributed by atoms with van der Waals surface area (Å²) in [5.41, 5.74) is 3.00. The van der Waals surface area contributed by atoms with E-state index < -0.39 is 5.97 Å². The predicted octanol–water partition coefficient (Wildman–Crippen LogP) is 2.78. The molecule has 0 amide bonds. The quantitative estimate of drug-likeness (QED) is 0.661. The van der Waals surface area contributed by atoms with Crippen molar-refractivity contribution >= 4 is 11.8 Å². The van der Waals surface area contributed by atoms with Gasteiger partial charge in [0.25, 0.3) is 0 Å². The predicted molar refractivity (Wildman–Crippen MR) is 95.1 cm³/mol. The number of hydrogen-bond acceptors (Lipinski definition) is 5. The van der Waals surface area contributed by atoms with E-state index in [1.165, 1.54) is 30.2 Å². The molecule has 0 atom stereocenters. The smallest absolute Gasteiger partial charge is 0.337 e. The zero-order chi connectivity index (χ0) is 18.4. The van der Waals surface area contributed by atoms with E-state index in [-0.39, 0.29) is 23.5 Å². The number of pyridine rings is 1. The number of nitrogens with zero attached hydrogens (tertiary/aromatic N) is 3. The number of carboxylic acids is 1. The van der Waals surface area contributed by atoms with E-state index in [4.69, 9.17) is 5.11 Å². The van der Waals surface area contributed by atoms with E-state index in [0.717, 1.165) is 18.5 Å². The molecule has 1 aromatic carbocycles. The molecule has 0 aliphatic carbocycles. The van der Waals surface area contributed by atoms with Gasteiger partial charge >= 0.3 is 5.97 Å². The molecule has 26 heavy (non-hydrogen) atoms. The van der Waals surface area contributed by atoms with Gasteiger partial charge in [-0.15, -0.1) is 0 Å². The Bertz CT molecular complexity index is 909. The van der Waals surface area contributed by atoms with E-state index in [1.807, 2.05) is 24.3 Å². The lowest BCUT2D eigenvalue weighted by atomic mass is 10.1. The molecular formula is C20H17N3O3. The van der Waals surface area contributed by atoms with E-state index in [1.54, 1.807) is 0 Å². The molecule has 0 unspecified atom stereocenters. The summed E-state index contributed by atoms with van der Waals surface area (Å²) in [7, 11) is 0. The first kappa shape index (κ1) is 17.4. The third-order valence-corrected chi connectivity index (χ3v) is 3.93. The molecule has 1 N–H and O–H groups in total. The monoisotopic (exact) mass is 347 g/mol. The Balaban J connectivity index is 1.64. The second-order valence-electron chi connectivity index (χ2n) is 5.82. The minimum Gasteiger partial charge on any atom is -0.478 e. The van der Waals surface area contributed by atoms with Gasteiger partial charge in [0.1, 0.15) is 12.0 Å². The highest BCUT2D eigenvalue weighted by molar-refractivity contribution is 5.96. The number of aromatic nitrogens is 3. The number of ketones is 1. The van der Waals surface area contributed by atoms with Crippen molar-refractivity contribution in [2.45, 2.75) is 19.3 Å². The van der Waals surface area contributed by atoms with Crippen LogP contribution in [0.1, 0.15) is 37.8 Å². The SMILES string of the molecule is O=C(O)c1ccc(C(=O)Cc2cc(CCc3ccccc3)ncn2)nc1. The fourth-order valence-electron chi connectivity index (χ4n) is 2.53. The summed E-state index contributed by atoms with van der Waals surface area (Å²) in [6.45, 7) is 0. The molecule has 3 rings (SSSR count). The third-order valence-electron chi connectivity index (χ3n) is 3.93. The molecule has 0 radical (unpaired) electrons. The summed E-state index contributed by atoms with van der Waals surface area (Å²) in [4.78, 5) is 35.5. The molecular weight excluding hydrogens is 330 g/mol. The fourth-order valence-corrected chi connectivity index (χ4v) is 2.53. The van der Waals surface area contributed by atoms with Gasteiger partial charge < -0.3 is 5.11 Å². The molecule has 0 aliphatic heterocycles. The molecule has 2 aromatic heterocycles. The van der Waals surface area contributed by atoms with Crippen LogP contribution in [0.5, 0.6) is 0 Å². The van der Waals surface area contributed by atoms with Crippen LogP contribution in [-0.2, 0) is 19.3 Å². The number of rotatable bonds is 7. The Morgan fingerprint density at radius 3 is 2.35 bits per heavy atom. The molecule has 130 valence electrons. The second kappa shape index (κ2) is 8.11. The summed E-state index contributed by atoms with van der Waals surface area (Å²) in [6.07, 6.45) is 4.37. The van der Waals surface area contributed by atoms with E-state index in [0.29, 0.717) is 5.69 Å². The average molecular weight is 347 g/mol. The summed E-state index contributed by atoms with van der Waals surface area (Å²) < 4.78 is 0. The lowest BCUT2D eigenvalue weighted by Gasteiger charge is -2.04. The largest absolute Gasteiger partial charge is 0.478 e. The highest BCUT2D eigenvalue weighted by Gasteiger charge is 2.12. The number of carboxylic acid groups (broad SMARTS) is 1. The van der Waals surface area contributed by atoms with Crippen molar-refractivity contribution in [3.63, 3.8) is 0 Å². The van der Waals surface area contributed by atoms with Crippen LogP contribution in [0.3, 0.4) is 0 Å². The molecule has 6 heteroatoms. The number of aryl methyl sites for hydroxylation is 2. The normalized spacial score (nSPS) is 10.5. The first-order valence-corrected chi connectivity index (χ1v) is 8.18. The van der Waals surface area contributed by atoms with Crippen molar-refractivity contribution in [3.8, 4) is 0 Å². The van der Waals surface area contributed by atoms with Crippen molar-refractivity contribution in [2.75, 3.05) is 0 Å². The molecule has 0 bridgehead atoms. The van der Waals surface area contributed by atoms with Gasteiger partial charge in [-0.3, -0.25) is 9.78 Å². The summed E-state index contributed by atoms with van der Waals surface area (Å²) >= 11 is 0. The van der Waals surface area contributed by atoms with Crippen LogP contribution >= 0.6 is 0 Å². The molecule has 0 saturated heterocycles. The van der Waals surface area contributed by atoms with E-state index in [2.05, 4.69) is 27.1 Å². The van der Waals surface area contributed by atoms with Gasteiger partial charge in [0.2, 0.25) is 0 Å². The van der Waals surface area contributed by atoms with E-state index in [9.17, 15) is 9.59 Å². The van der Waals surface area contributed by atoms with Gasteiger partial charge in [-0.1, -0.05) is 30.3 Å². The highest BCUT2D eigenvalue weighted by Crippen LogP contribution is 2.09. The van der Waals surface area contributed by atoms with Gasteiger partial charge in [-0.05, 0) is 36.6 Å². The number of Topliss-reactive ketones (excluding diaryl/α,β-unsaturated/α-hetero) is 1. The Morgan fingerprint density at radius 2 is 1.65 bits per heavy atom. The second-order valence-corrected chi connectivity index (χ2v) is 5.82. The maximum Gasteiger partial charge on any atom is 0.337 e. The van der Waals surface area contributed by atoms with Crippen molar-refractivity contribution in [3.05, 3.63) is 89.3 Å². The minimum absolute atomic E-state index is 0.0479. The standard InChI is InChI=1S/C20H17N3O3/c24-19(18-9-7-15(12-21-18)20(25)26)11-17-10-16(22-13-23-17)8-6-14-4-2-1-3-5-14/h1-5,7,9-10,12-13H,6,8,11H2,(H,25,26). The Kier molecular flexibility index (Phi) is 5.43. The average Bonchev–Trinajstić information content (AvgIpc) is 2.67. The maximum atomic E-state index is 12.3. The fraction of sp³-hybridized carbons (Fsp3) is 0.150. The minimum atomic E-state index is -1.07. The number of hydrogen-bond donors (Lipinski definition) is 1. The molecule has 0 aliphatic rings. The van der Waals surface area contributed by atoms with Crippen LogP contribution in [0.2, 0.25) is 0 Å². The maximum absolute atomic E-state index is 12.3. The van der Waals surface area contributed by atoms with Gasteiger partial charge in [0.15, 0.2) is 5.78 Å². The van der Waals surface area contributed by atoms with Crippen molar-refractivity contribution in [1.82, 2.24) is 15.0 Å². The molecule has 6 nitrogen and oxygen atoms in total. The van der Waals surface area contributed by atoms with E-state index >= 15 is 0 Å². The Morgan fingerprint density at radius 1 is 0.885 bits per heavy atom. The summed E-state index contributed by atoms with van der Waals surface area (Å²) in [6, 6.07) is 14.7. The van der Waals surface area contributed by atoms with Crippen LogP contribution in [0.25, 0.3) is 0 Å². The van der Waals surface area contributed by atoms with Crippen LogP contribution in [0.4, 0.5) is 0 Å². The van der Waals surface area contributed by atoms with Crippen molar-refractivity contribution < 1.29 is 14.7 Å². The Labute approximate surface area is 150 Å². The highest BCUT2D eigenvalue weighted by atomic mass is 16.4. The van der Waals surface area contributed by atoms with Crippen LogP contribution < -0.4 is 0 Å². The van der Waals surface area contributed by atoms with Crippen molar-refractivity contribution in [2.24, 2.45) is 0 Å². The molecule has 0 saturated carbocycles. The van der Waals surface area contributed by atoms with Crippen LogP contribution in [0, 0.1) is 0 Å². The van der Waals surface area contributed by atoms with Crippen molar-refractivity contribution in [1.29, 1.82) is 0 Å². The molecule has 3 aromatic rings. The van der Waals surface area contributed by atoms with Crippen LogP contribution in [0.15, 0.2) is 61.1 Å². The number of aromatic carboxylic acids is 1. The summed E-state index contributed by atoms with van der Waals surface area (Å²) in [5, 5.41) is 8.87. The summed E-state index contributed by atoms with van der Waals surface area (Å²) in [5.74, 6) is -1.29. The lowest BCUT2D eigenvalue weighted by Crippen LogP contribution is -2.09. The van der Waals surface area contributed by atoms with Gasteiger partial charge in [0.05, 0.1) is 17.7 Å². The van der Waals surface area contributed by atoms with Gasteiger partial charge in [0, 0.05) is 11.9 Å². The zero-order valence-electron chi connectivity index (χ0n) is 14.0. The van der Waals surface area contributed by atoms with Gasteiger partial charge in [-0.25, -0.2) is 14.8 Å². The van der Waals surface area contributed by atoms with Gasteiger partial charge in [-0.2, -0.15) is 0 Å². The Hall–Kier alpha value is -3.41. The molecule has 0 fully saturated rings. The molecule has 0 spiro atoms. The van der Waals surface area contributed by atoms with Crippen LogP contribution in [-0.4, -0.2) is 31.8 Å². The third kappa shape index (κ3) is 4.57. The number of carbonyl (C=O) groups excluding carboxylic acids is 1. The zero-order valence-corrected chi connectivity index (χ0v) is 14.0. The number of carbonyl (C=O) groups is 2. The first-order valence-electron chi connectivity index (χ1n) is 8.18. The number of benzene rings is 1. The topological polar surface area (TPSA) is 93.0 Å². The first-order chi connectivity index (χ1) is 12.6. The lowest BCUT2D eigenvalue weighted by molar-refractivity contribution is 0.0695.